The Balaban J connectivity index is 3.43. The fourth-order valence-electron chi connectivity index (χ4n) is 0.695. The molecule has 0 aliphatic carbocycles. The van der Waals surface area contributed by atoms with Crippen LogP contribution in [0.4, 0.5) is 22.0 Å². The molecule has 0 bridgehead atoms. The maximum atomic E-state index is 12.7. The second-order valence-corrected chi connectivity index (χ2v) is 2.82. The molecule has 0 aliphatic rings. The molecule has 1 rings (SSSR count). The Morgan fingerprint density at radius 2 is 1.14 bits per heavy atom. The molecule has 0 spiro atoms. The van der Waals surface area contributed by atoms with E-state index in [-0.39, 0.29) is 11.1 Å². The van der Waals surface area contributed by atoms with Crippen molar-refractivity contribution in [2.24, 2.45) is 0 Å². The molecule has 78 valence electrons. The summed E-state index contributed by atoms with van der Waals surface area (Å²) in [5.41, 5.74) is 0. The van der Waals surface area contributed by atoms with Gasteiger partial charge >= 0.3 is 0 Å². The Labute approximate surface area is 84.3 Å². The van der Waals surface area contributed by atoms with Gasteiger partial charge in [-0.15, -0.1) is 0 Å². The lowest BCUT2D eigenvalue weighted by atomic mass is 10.3. The molecular formula is C6HF5OS2. The zero-order valence-corrected chi connectivity index (χ0v) is 7.86. The van der Waals surface area contributed by atoms with Gasteiger partial charge in [-0.3, -0.25) is 0 Å². The highest BCUT2D eigenvalue weighted by molar-refractivity contribution is 8.66. The van der Waals surface area contributed by atoms with Gasteiger partial charge in [-0.1, -0.05) is 11.7 Å². The first-order valence-corrected chi connectivity index (χ1v) is 4.79. The molecule has 1 aromatic carbocycles. The molecule has 0 N–H and O–H groups in total. The second kappa shape index (κ2) is 4.26. The topological polar surface area (TPSA) is 9.23 Å². The first-order chi connectivity index (χ1) is 6.50. The minimum atomic E-state index is -2.23. The van der Waals surface area contributed by atoms with Crippen molar-refractivity contribution in [1.29, 1.82) is 0 Å². The predicted octanol–water partition coefficient (Wildman–Crippen LogP) is 3.25. The van der Waals surface area contributed by atoms with Gasteiger partial charge in [-0.25, -0.2) is 13.2 Å². The van der Waals surface area contributed by atoms with E-state index in [9.17, 15) is 22.0 Å². The largest absolute Gasteiger partial charge is 0.408 e. The van der Waals surface area contributed by atoms with Crippen LogP contribution in [0.2, 0.25) is 0 Å². The van der Waals surface area contributed by atoms with Crippen LogP contribution in [0.15, 0.2) is 0 Å². The lowest BCUT2D eigenvalue weighted by molar-refractivity contribution is 0.356. The van der Waals surface area contributed by atoms with Gasteiger partial charge in [0.25, 0.3) is 0 Å². The van der Waals surface area contributed by atoms with Gasteiger partial charge in [0, 0.05) is 0 Å². The summed E-state index contributed by atoms with van der Waals surface area (Å²) in [6.07, 6.45) is 0. The molecule has 0 heterocycles. The van der Waals surface area contributed by atoms with Gasteiger partial charge in [-0.05, 0) is 0 Å². The molecule has 0 saturated carbocycles. The SMILES string of the molecule is Fc1c(F)c(F)c(OSS)c(F)c1F. The number of hydrogen-bond donors (Lipinski definition) is 1. The van der Waals surface area contributed by atoms with Crippen LogP contribution in [0.1, 0.15) is 0 Å². The van der Waals surface area contributed by atoms with Gasteiger partial charge in [-0.2, -0.15) is 8.78 Å². The molecule has 1 nitrogen and oxygen atoms in total. The summed E-state index contributed by atoms with van der Waals surface area (Å²) < 4.78 is 66.8. The van der Waals surface area contributed by atoms with E-state index in [0.29, 0.717) is 0 Å². The second-order valence-electron chi connectivity index (χ2n) is 2.06. The summed E-state index contributed by atoms with van der Waals surface area (Å²) >= 11 is 3.51. The number of hydrogen-bond acceptors (Lipinski definition) is 3. The maximum Gasteiger partial charge on any atom is 0.216 e. The first kappa shape index (κ1) is 11.4. The third kappa shape index (κ3) is 1.76. The van der Waals surface area contributed by atoms with Crippen molar-refractivity contribution in [1.82, 2.24) is 0 Å². The standard InChI is InChI=1S/C6HF5OS2/c7-1-2(8)4(10)6(12-14-13)5(11)3(1)9/h13H. The Morgan fingerprint density at radius 3 is 1.50 bits per heavy atom. The van der Waals surface area contributed by atoms with E-state index in [1.54, 1.807) is 0 Å². The van der Waals surface area contributed by atoms with Crippen LogP contribution in [0.3, 0.4) is 0 Å². The van der Waals surface area contributed by atoms with E-state index < -0.39 is 34.8 Å². The lowest BCUT2D eigenvalue weighted by Crippen LogP contribution is -2.02. The molecule has 1 aromatic rings. The highest BCUT2D eigenvalue weighted by Gasteiger charge is 2.27. The molecule has 0 amide bonds. The summed E-state index contributed by atoms with van der Waals surface area (Å²) in [7, 11) is 0. The Bertz CT molecular complexity index is 341. The molecule has 0 radical (unpaired) electrons. The maximum absolute atomic E-state index is 12.7. The molecule has 0 aliphatic heterocycles. The summed E-state index contributed by atoms with van der Waals surface area (Å²) in [6.45, 7) is 0. The molecule has 0 fully saturated rings. The Morgan fingerprint density at radius 1 is 0.786 bits per heavy atom. The highest BCUT2D eigenvalue weighted by atomic mass is 33.1. The van der Waals surface area contributed by atoms with Crippen LogP contribution >= 0.6 is 22.7 Å². The van der Waals surface area contributed by atoms with Crippen molar-refractivity contribution in [2.45, 2.75) is 0 Å². The van der Waals surface area contributed by atoms with Gasteiger partial charge in [0.05, 0.1) is 0 Å². The van der Waals surface area contributed by atoms with Crippen molar-refractivity contribution in [3.05, 3.63) is 29.1 Å². The summed E-state index contributed by atoms with van der Waals surface area (Å²) in [5, 5.41) is 0. The van der Waals surface area contributed by atoms with Crippen molar-refractivity contribution < 1.29 is 26.1 Å². The van der Waals surface area contributed by atoms with Crippen molar-refractivity contribution in [3.63, 3.8) is 0 Å². The third-order valence-corrected chi connectivity index (χ3v) is 1.75. The smallest absolute Gasteiger partial charge is 0.216 e. The number of thiol groups is 1. The van der Waals surface area contributed by atoms with Crippen LogP contribution in [-0.4, -0.2) is 0 Å². The lowest BCUT2D eigenvalue weighted by Gasteiger charge is -2.05. The van der Waals surface area contributed by atoms with E-state index in [0.717, 1.165) is 0 Å². The minimum Gasteiger partial charge on any atom is -0.408 e. The Hall–Kier alpha value is -0.630. The quantitative estimate of drug-likeness (QED) is 0.215. The summed E-state index contributed by atoms with van der Waals surface area (Å²) in [6, 6.07) is 0. The van der Waals surface area contributed by atoms with Crippen molar-refractivity contribution in [3.8, 4) is 5.75 Å². The van der Waals surface area contributed by atoms with E-state index in [1.807, 2.05) is 0 Å². The normalized spacial score (nSPS) is 10.4. The average Bonchev–Trinajstić information content (AvgIpc) is 2.19. The zero-order valence-electron chi connectivity index (χ0n) is 6.15. The van der Waals surface area contributed by atoms with Crippen LogP contribution < -0.4 is 4.18 Å². The van der Waals surface area contributed by atoms with Gasteiger partial charge < -0.3 is 4.18 Å². The fraction of sp³-hybridized carbons (Fsp3) is 0. The van der Waals surface area contributed by atoms with Gasteiger partial charge in [0.15, 0.2) is 0 Å². The number of rotatable bonds is 2. The average molecular weight is 248 g/mol. The van der Waals surface area contributed by atoms with Crippen molar-refractivity contribution in [2.75, 3.05) is 0 Å². The first-order valence-electron chi connectivity index (χ1n) is 3.00. The zero-order chi connectivity index (χ0) is 10.9. The fourth-order valence-corrected chi connectivity index (χ4v) is 1.14. The van der Waals surface area contributed by atoms with Crippen LogP contribution in [0.25, 0.3) is 0 Å². The van der Waals surface area contributed by atoms with Gasteiger partial charge in [0.1, 0.15) is 11.1 Å². The van der Waals surface area contributed by atoms with Gasteiger partial charge in [0.2, 0.25) is 34.8 Å². The van der Waals surface area contributed by atoms with E-state index in [4.69, 9.17) is 0 Å². The monoisotopic (exact) mass is 248 g/mol. The number of halogens is 5. The van der Waals surface area contributed by atoms with Crippen LogP contribution in [0, 0.1) is 29.1 Å². The molecular weight excluding hydrogens is 247 g/mol. The molecule has 8 heteroatoms. The number of benzene rings is 1. The molecule has 0 saturated heterocycles. The summed E-state index contributed by atoms with van der Waals surface area (Å²) in [4.78, 5) is 0. The van der Waals surface area contributed by atoms with Crippen molar-refractivity contribution >= 4 is 22.7 Å². The highest BCUT2D eigenvalue weighted by Crippen LogP contribution is 2.31. The molecule has 0 unspecified atom stereocenters. The summed E-state index contributed by atoms with van der Waals surface area (Å²) in [5.74, 6) is -11.7. The van der Waals surface area contributed by atoms with Crippen LogP contribution in [0.5, 0.6) is 5.75 Å². The molecule has 0 aromatic heterocycles. The van der Waals surface area contributed by atoms with Crippen LogP contribution in [-0.2, 0) is 0 Å². The molecule has 0 atom stereocenters. The third-order valence-electron chi connectivity index (χ3n) is 1.29. The van der Waals surface area contributed by atoms with E-state index in [2.05, 4.69) is 15.8 Å². The Kier molecular flexibility index (Phi) is 3.48. The minimum absolute atomic E-state index is 0.165. The predicted molar refractivity (Wildman–Crippen MR) is 43.4 cm³/mol. The van der Waals surface area contributed by atoms with E-state index in [1.165, 1.54) is 0 Å². The van der Waals surface area contributed by atoms with E-state index >= 15 is 0 Å². The molecule has 14 heavy (non-hydrogen) atoms.